The number of cyclic esters (lactones) is 1. The van der Waals surface area contributed by atoms with Gasteiger partial charge in [-0.1, -0.05) is 18.2 Å². The Kier molecular flexibility index (Phi) is 5.84. The molecule has 0 N–H and O–H groups in total. The fraction of sp³-hybridized carbons (Fsp3) is 0.385. The summed E-state index contributed by atoms with van der Waals surface area (Å²) < 4.78 is 10.6. The first-order valence-electron chi connectivity index (χ1n) is 11.9. The number of hydrogen-bond donors (Lipinski definition) is 0. The molecule has 2 saturated heterocycles. The molecule has 6 rings (SSSR count). The molecule has 0 saturated carbocycles. The van der Waals surface area contributed by atoms with Crippen molar-refractivity contribution in [2.24, 2.45) is 0 Å². The molecule has 1 amide bonds. The van der Waals surface area contributed by atoms with E-state index in [0.717, 1.165) is 63.1 Å². The number of anilines is 3. The lowest BCUT2D eigenvalue weighted by atomic mass is 9.99. The van der Waals surface area contributed by atoms with E-state index >= 15 is 0 Å². The third-order valence-electron chi connectivity index (χ3n) is 6.75. The number of amides is 1. The first-order chi connectivity index (χ1) is 16.7. The summed E-state index contributed by atoms with van der Waals surface area (Å²) in [5, 5.41) is 1.07. The van der Waals surface area contributed by atoms with Gasteiger partial charge in [-0.25, -0.2) is 9.78 Å². The Hall–Kier alpha value is -3.10. The van der Waals surface area contributed by atoms with Crippen LogP contribution in [0, 0.1) is 0 Å². The zero-order valence-corrected chi connectivity index (χ0v) is 19.9. The number of morpholine rings is 1. The summed E-state index contributed by atoms with van der Waals surface area (Å²) in [6, 6.07) is 15.2. The SMILES string of the molecule is O=C1OCCN1c1ccc2c(c1)CN(c1ncc(Cc3cccc(N4CCOCC4)c3)s1)CC2. The van der Waals surface area contributed by atoms with E-state index in [1.807, 2.05) is 12.3 Å². The van der Waals surface area contributed by atoms with Crippen LogP contribution in [0.2, 0.25) is 0 Å². The van der Waals surface area contributed by atoms with Gasteiger partial charge in [0.25, 0.3) is 0 Å². The molecule has 2 aromatic carbocycles. The number of aromatic nitrogens is 1. The molecule has 0 unspecified atom stereocenters. The molecule has 8 heteroatoms. The minimum absolute atomic E-state index is 0.255. The molecule has 4 heterocycles. The van der Waals surface area contributed by atoms with Crippen LogP contribution in [0.5, 0.6) is 0 Å². The Balaban J connectivity index is 1.15. The van der Waals surface area contributed by atoms with Crippen molar-refractivity contribution in [3.05, 3.63) is 70.2 Å². The van der Waals surface area contributed by atoms with Gasteiger partial charge in [0, 0.05) is 55.0 Å². The van der Waals surface area contributed by atoms with Crippen molar-refractivity contribution in [2.75, 3.05) is 60.7 Å². The van der Waals surface area contributed by atoms with Crippen LogP contribution in [-0.4, -0.2) is 57.1 Å². The van der Waals surface area contributed by atoms with Gasteiger partial charge in [0.2, 0.25) is 0 Å². The van der Waals surface area contributed by atoms with Gasteiger partial charge in [-0.15, -0.1) is 11.3 Å². The molecule has 176 valence electrons. The number of carbonyl (C=O) groups is 1. The van der Waals surface area contributed by atoms with Crippen molar-refractivity contribution in [3.63, 3.8) is 0 Å². The van der Waals surface area contributed by atoms with Gasteiger partial charge in [0.15, 0.2) is 5.13 Å². The van der Waals surface area contributed by atoms with Crippen LogP contribution in [0.15, 0.2) is 48.7 Å². The van der Waals surface area contributed by atoms with E-state index in [1.54, 1.807) is 16.2 Å². The van der Waals surface area contributed by atoms with Crippen LogP contribution >= 0.6 is 11.3 Å². The maximum Gasteiger partial charge on any atom is 0.414 e. The van der Waals surface area contributed by atoms with E-state index in [9.17, 15) is 4.79 Å². The van der Waals surface area contributed by atoms with Crippen molar-refractivity contribution in [1.82, 2.24) is 4.98 Å². The summed E-state index contributed by atoms with van der Waals surface area (Å²) in [4.78, 5) is 24.5. The molecule has 0 aliphatic carbocycles. The molecule has 7 nitrogen and oxygen atoms in total. The second-order valence-corrected chi connectivity index (χ2v) is 10.0. The average molecular weight is 477 g/mol. The van der Waals surface area contributed by atoms with Crippen LogP contribution in [0.3, 0.4) is 0 Å². The second kappa shape index (κ2) is 9.27. The molecule has 1 aromatic heterocycles. The number of carbonyl (C=O) groups excluding carboxylic acids is 1. The lowest BCUT2D eigenvalue weighted by molar-refractivity contribution is 0.122. The number of thiazole rings is 1. The molecule has 3 aliphatic rings. The Labute approximate surface area is 203 Å². The van der Waals surface area contributed by atoms with Gasteiger partial charge >= 0.3 is 6.09 Å². The smallest absolute Gasteiger partial charge is 0.414 e. The lowest BCUT2D eigenvalue weighted by Crippen LogP contribution is -2.36. The molecular weight excluding hydrogens is 448 g/mol. The number of fused-ring (bicyclic) bond motifs is 1. The third-order valence-corrected chi connectivity index (χ3v) is 7.81. The van der Waals surface area contributed by atoms with Crippen LogP contribution in [0.25, 0.3) is 0 Å². The normalized spacial score (nSPS) is 18.2. The monoisotopic (exact) mass is 476 g/mol. The Morgan fingerprint density at radius 1 is 0.912 bits per heavy atom. The molecule has 3 aliphatic heterocycles. The maximum atomic E-state index is 12.0. The Bertz CT molecular complexity index is 1190. The fourth-order valence-electron chi connectivity index (χ4n) is 4.91. The van der Waals surface area contributed by atoms with Crippen LogP contribution < -0.4 is 14.7 Å². The summed E-state index contributed by atoms with van der Waals surface area (Å²) in [7, 11) is 0. The van der Waals surface area contributed by atoms with Gasteiger partial charge < -0.3 is 19.3 Å². The summed E-state index contributed by atoms with van der Waals surface area (Å²) >= 11 is 1.78. The second-order valence-electron chi connectivity index (χ2n) is 8.95. The minimum atomic E-state index is -0.255. The van der Waals surface area contributed by atoms with Crippen LogP contribution in [-0.2, 0) is 28.9 Å². The van der Waals surface area contributed by atoms with Crippen molar-refractivity contribution in [3.8, 4) is 0 Å². The zero-order valence-electron chi connectivity index (χ0n) is 19.1. The predicted octanol–water partition coefficient (Wildman–Crippen LogP) is 4.09. The summed E-state index contributed by atoms with van der Waals surface area (Å²) in [6.07, 6.45) is 3.64. The van der Waals surface area contributed by atoms with Crippen molar-refractivity contribution >= 4 is 33.9 Å². The molecular formula is C26H28N4O3S. The topological polar surface area (TPSA) is 58.1 Å². The van der Waals surface area contributed by atoms with E-state index < -0.39 is 0 Å². The highest BCUT2D eigenvalue weighted by atomic mass is 32.1. The zero-order chi connectivity index (χ0) is 22.9. The molecule has 34 heavy (non-hydrogen) atoms. The third kappa shape index (κ3) is 4.35. The molecule has 0 spiro atoms. The van der Waals surface area contributed by atoms with Crippen LogP contribution in [0.1, 0.15) is 21.6 Å². The minimum Gasteiger partial charge on any atom is -0.447 e. The molecule has 3 aromatic rings. The van der Waals surface area contributed by atoms with E-state index in [1.165, 1.54) is 27.3 Å². The van der Waals surface area contributed by atoms with Gasteiger partial charge in [0.1, 0.15) is 6.61 Å². The molecule has 0 radical (unpaired) electrons. The first kappa shape index (κ1) is 21.4. The van der Waals surface area contributed by atoms with Gasteiger partial charge in [-0.05, 0) is 47.4 Å². The first-order valence-corrected chi connectivity index (χ1v) is 12.7. The van der Waals surface area contributed by atoms with E-state index in [4.69, 9.17) is 14.5 Å². The number of benzene rings is 2. The van der Waals surface area contributed by atoms with Gasteiger partial charge in [-0.3, -0.25) is 4.90 Å². The van der Waals surface area contributed by atoms with Crippen molar-refractivity contribution in [1.29, 1.82) is 0 Å². The highest BCUT2D eigenvalue weighted by Crippen LogP contribution is 2.32. The number of rotatable bonds is 5. The highest BCUT2D eigenvalue weighted by molar-refractivity contribution is 7.15. The Morgan fingerprint density at radius 2 is 1.82 bits per heavy atom. The molecule has 0 atom stereocenters. The van der Waals surface area contributed by atoms with Crippen LogP contribution in [0.4, 0.5) is 21.3 Å². The van der Waals surface area contributed by atoms with Crippen molar-refractivity contribution in [2.45, 2.75) is 19.4 Å². The molecule has 0 bridgehead atoms. The summed E-state index contributed by atoms with van der Waals surface area (Å²) in [6.45, 7) is 6.33. The Morgan fingerprint density at radius 3 is 2.68 bits per heavy atom. The summed E-state index contributed by atoms with van der Waals surface area (Å²) in [5.74, 6) is 0. The number of nitrogens with zero attached hydrogens (tertiary/aromatic N) is 4. The van der Waals surface area contributed by atoms with Gasteiger partial charge in [-0.2, -0.15) is 0 Å². The number of ether oxygens (including phenoxy) is 2. The number of hydrogen-bond acceptors (Lipinski definition) is 7. The predicted molar refractivity (Wildman–Crippen MR) is 134 cm³/mol. The van der Waals surface area contributed by atoms with Crippen molar-refractivity contribution < 1.29 is 14.3 Å². The standard InChI is InChI=1S/C26H28N4O3S/c31-26-30(10-13-33-26)23-5-4-20-6-7-29(18-21(20)16-23)25-27-17-24(34-25)15-19-2-1-3-22(14-19)28-8-11-32-12-9-28/h1-5,14,16-17H,6-13,15,18H2. The molecule has 2 fully saturated rings. The van der Waals surface area contributed by atoms with E-state index in [2.05, 4.69) is 46.2 Å². The van der Waals surface area contributed by atoms with E-state index in [0.29, 0.717) is 13.2 Å². The average Bonchev–Trinajstić information content (AvgIpc) is 3.53. The summed E-state index contributed by atoms with van der Waals surface area (Å²) in [5.41, 5.74) is 6.12. The van der Waals surface area contributed by atoms with E-state index in [-0.39, 0.29) is 6.09 Å². The highest BCUT2D eigenvalue weighted by Gasteiger charge is 2.26. The van der Waals surface area contributed by atoms with Gasteiger partial charge in [0.05, 0.1) is 19.8 Å². The largest absolute Gasteiger partial charge is 0.447 e. The lowest BCUT2D eigenvalue weighted by Gasteiger charge is -2.29. The fourth-order valence-corrected chi connectivity index (χ4v) is 5.88. The quantitative estimate of drug-likeness (QED) is 0.553. The maximum absolute atomic E-state index is 12.0.